The van der Waals surface area contributed by atoms with Crippen LogP contribution in [0.3, 0.4) is 0 Å². The van der Waals surface area contributed by atoms with Crippen molar-refractivity contribution in [2.75, 3.05) is 11.5 Å². The minimum Gasteiger partial charge on any atom is -0.397 e. The Bertz CT molecular complexity index is 284. The smallest absolute Gasteiger partial charge is 0.119 e. The summed E-state index contributed by atoms with van der Waals surface area (Å²) in [6.07, 6.45) is 1.86. The fourth-order valence-corrected chi connectivity index (χ4v) is 1.79. The first kappa shape index (κ1) is 10.4. The molecule has 0 aromatic carbocycles. The van der Waals surface area contributed by atoms with E-state index in [1.54, 1.807) is 11.8 Å². The van der Waals surface area contributed by atoms with E-state index in [2.05, 4.69) is 18.8 Å². The average Bonchev–Trinajstić information content (AvgIpc) is 2.02. The van der Waals surface area contributed by atoms with Gasteiger partial charge in [0.05, 0.1) is 5.69 Å². The summed E-state index contributed by atoms with van der Waals surface area (Å²) < 4.78 is 0. The van der Waals surface area contributed by atoms with E-state index in [9.17, 15) is 0 Å². The van der Waals surface area contributed by atoms with Crippen LogP contribution in [0.4, 0.5) is 5.69 Å². The van der Waals surface area contributed by atoms with Crippen LogP contribution < -0.4 is 5.73 Å². The molecular weight excluding hydrogens is 180 g/mol. The summed E-state index contributed by atoms with van der Waals surface area (Å²) >= 11 is 1.73. The molecular formula is C10H16N2S. The van der Waals surface area contributed by atoms with Crippen LogP contribution in [0.2, 0.25) is 0 Å². The van der Waals surface area contributed by atoms with Gasteiger partial charge in [-0.2, -0.15) is 0 Å². The highest BCUT2D eigenvalue weighted by Gasteiger charge is 2.02. The van der Waals surface area contributed by atoms with Gasteiger partial charge in [0.2, 0.25) is 0 Å². The van der Waals surface area contributed by atoms with Crippen LogP contribution in [0.15, 0.2) is 17.3 Å². The van der Waals surface area contributed by atoms with Gasteiger partial charge in [0.1, 0.15) is 5.03 Å². The summed E-state index contributed by atoms with van der Waals surface area (Å²) in [5.74, 6) is 1.74. The van der Waals surface area contributed by atoms with E-state index < -0.39 is 0 Å². The van der Waals surface area contributed by atoms with Crippen molar-refractivity contribution in [1.82, 2.24) is 4.98 Å². The number of anilines is 1. The van der Waals surface area contributed by atoms with Gasteiger partial charge in [-0.25, -0.2) is 4.98 Å². The zero-order valence-corrected chi connectivity index (χ0v) is 9.19. The molecule has 0 radical (unpaired) electrons. The first-order valence-corrected chi connectivity index (χ1v) is 5.43. The summed E-state index contributed by atoms with van der Waals surface area (Å²) in [5.41, 5.74) is 7.74. The third kappa shape index (κ3) is 3.27. The number of aryl methyl sites for hydroxylation is 1. The topological polar surface area (TPSA) is 38.9 Å². The first-order chi connectivity index (χ1) is 6.09. The number of nitrogens with zero attached hydrogens (tertiary/aromatic N) is 1. The van der Waals surface area contributed by atoms with E-state index in [-0.39, 0.29) is 0 Å². The molecule has 2 nitrogen and oxygen atoms in total. The first-order valence-electron chi connectivity index (χ1n) is 4.44. The molecule has 0 saturated heterocycles. The van der Waals surface area contributed by atoms with Crippen molar-refractivity contribution in [2.45, 2.75) is 25.8 Å². The van der Waals surface area contributed by atoms with Crippen LogP contribution in [0.5, 0.6) is 0 Å². The molecule has 0 amide bonds. The number of hydrogen-bond acceptors (Lipinski definition) is 3. The second kappa shape index (κ2) is 4.51. The van der Waals surface area contributed by atoms with Crippen LogP contribution in [0.1, 0.15) is 19.4 Å². The lowest BCUT2D eigenvalue weighted by Gasteiger charge is -2.06. The lowest BCUT2D eigenvalue weighted by Crippen LogP contribution is -1.96. The van der Waals surface area contributed by atoms with Gasteiger partial charge in [-0.05, 0) is 24.5 Å². The summed E-state index contributed by atoms with van der Waals surface area (Å²) in [6, 6.07) is 1.97. The predicted molar refractivity (Wildman–Crippen MR) is 58.9 cm³/mol. The Kier molecular flexibility index (Phi) is 3.60. The number of thioether (sulfide) groups is 1. The summed E-state index contributed by atoms with van der Waals surface area (Å²) in [6.45, 7) is 6.38. The molecule has 1 rings (SSSR count). The van der Waals surface area contributed by atoms with Crippen molar-refractivity contribution in [3.05, 3.63) is 17.8 Å². The molecule has 1 aromatic rings. The van der Waals surface area contributed by atoms with E-state index in [1.165, 1.54) is 0 Å². The van der Waals surface area contributed by atoms with E-state index in [0.717, 1.165) is 22.0 Å². The monoisotopic (exact) mass is 196 g/mol. The Morgan fingerprint density at radius 1 is 1.54 bits per heavy atom. The third-order valence-corrected chi connectivity index (χ3v) is 3.02. The van der Waals surface area contributed by atoms with Gasteiger partial charge in [-0.15, -0.1) is 11.8 Å². The molecule has 0 fully saturated rings. The second-order valence-corrected chi connectivity index (χ2v) is 4.62. The summed E-state index contributed by atoms with van der Waals surface area (Å²) in [7, 11) is 0. The van der Waals surface area contributed by atoms with Crippen LogP contribution in [-0.2, 0) is 0 Å². The molecule has 2 N–H and O–H groups in total. The molecule has 3 heteroatoms. The molecule has 0 aliphatic carbocycles. The SMILES string of the molecule is Cc1cnc(SCC(C)C)c(N)c1. The quantitative estimate of drug-likeness (QED) is 0.755. The summed E-state index contributed by atoms with van der Waals surface area (Å²) in [5, 5.41) is 0.958. The zero-order valence-electron chi connectivity index (χ0n) is 8.37. The molecule has 1 aromatic heterocycles. The molecule has 0 bridgehead atoms. The molecule has 0 saturated carbocycles. The number of rotatable bonds is 3. The predicted octanol–water partition coefficient (Wildman–Crippen LogP) is 2.72. The van der Waals surface area contributed by atoms with Crippen molar-refractivity contribution < 1.29 is 0 Å². The van der Waals surface area contributed by atoms with Gasteiger partial charge in [0, 0.05) is 11.9 Å². The van der Waals surface area contributed by atoms with E-state index in [4.69, 9.17) is 5.73 Å². The molecule has 0 unspecified atom stereocenters. The van der Waals surface area contributed by atoms with Crippen LogP contribution in [-0.4, -0.2) is 10.7 Å². The normalized spacial score (nSPS) is 10.8. The Balaban J connectivity index is 2.67. The zero-order chi connectivity index (χ0) is 9.84. The minimum absolute atomic E-state index is 0.674. The van der Waals surface area contributed by atoms with Gasteiger partial charge < -0.3 is 5.73 Å². The molecule has 1 heterocycles. The number of nitrogen functional groups attached to an aromatic ring is 1. The van der Waals surface area contributed by atoms with Gasteiger partial charge in [0.15, 0.2) is 0 Å². The van der Waals surface area contributed by atoms with E-state index in [0.29, 0.717) is 5.92 Å². The molecule has 13 heavy (non-hydrogen) atoms. The van der Waals surface area contributed by atoms with Crippen molar-refractivity contribution in [3.8, 4) is 0 Å². The van der Waals surface area contributed by atoms with E-state index in [1.807, 2.05) is 19.2 Å². The lowest BCUT2D eigenvalue weighted by atomic mass is 10.3. The fourth-order valence-electron chi connectivity index (χ4n) is 0.945. The Labute approximate surface area is 83.9 Å². The Morgan fingerprint density at radius 2 is 2.23 bits per heavy atom. The number of pyridine rings is 1. The molecule has 0 atom stereocenters. The van der Waals surface area contributed by atoms with Gasteiger partial charge >= 0.3 is 0 Å². The fraction of sp³-hybridized carbons (Fsp3) is 0.500. The van der Waals surface area contributed by atoms with Gasteiger partial charge in [0.25, 0.3) is 0 Å². The van der Waals surface area contributed by atoms with Crippen molar-refractivity contribution in [3.63, 3.8) is 0 Å². The number of nitrogens with two attached hydrogens (primary N) is 1. The maximum atomic E-state index is 5.82. The molecule has 72 valence electrons. The standard InChI is InChI=1S/C10H16N2S/c1-7(2)6-13-10-9(11)4-8(3)5-12-10/h4-5,7H,6,11H2,1-3H3. The van der Waals surface area contributed by atoms with Crippen molar-refractivity contribution in [1.29, 1.82) is 0 Å². The average molecular weight is 196 g/mol. The van der Waals surface area contributed by atoms with Crippen LogP contribution in [0, 0.1) is 12.8 Å². The maximum Gasteiger partial charge on any atom is 0.119 e. The highest BCUT2D eigenvalue weighted by molar-refractivity contribution is 7.99. The third-order valence-electron chi connectivity index (χ3n) is 1.57. The largest absolute Gasteiger partial charge is 0.397 e. The van der Waals surface area contributed by atoms with E-state index >= 15 is 0 Å². The molecule has 0 aliphatic rings. The molecule has 0 spiro atoms. The highest BCUT2D eigenvalue weighted by atomic mass is 32.2. The maximum absolute atomic E-state index is 5.82. The molecule has 0 aliphatic heterocycles. The summed E-state index contributed by atoms with van der Waals surface area (Å²) in [4.78, 5) is 4.29. The van der Waals surface area contributed by atoms with Gasteiger partial charge in [-0.1, -0.05) is 13.8 Å². The Hall–Kier alpha value is -0.700. The lowest BCUT2D eigenvalue weighted by molar-refractivity contribution is 0.749. The Morgan fingerprint density at radius 3 is 2.77 bits per heavy atom. The minimum atomic E-state index is 0.674. The number of hydrogen-bond donors (Lipinski definition) is 1. The van der Waals surface area contributed by atoms with Crippen molar-refractivity contribution in [2.24, 2.45) is 5.92 Å². The van der Waals surface area contributed by atoms with Crippen molar-refractivity contribution >= 4 is 17.4 Å². The van der Waals surface area contributed by atoms with Crippen LogP contribution >= 0.6 is 11.8 Å². The van der Waals surface area contributed by atoms with Crippen LogP contribution in [0.25, 0.3) is 0 Å². The van der Waals surface area contributed by atoms with Gasteiger partial charge in [-0.3, -0.25) is 0 Å². The second-order valence-electron chi connectivity index (χ2n) is 3.61. The highest BCUT2D eigenvalue weighted by Crippen LogP contribution is 2.24. The number of aromatic nitrogens is 1.